The first-order valence-electron chi connectivity index (χ1n) is 9.33. The third kappa shape index (κ3) is 4.63. The number of anilines is 1. The van der Waals surface area contributed by atoms with Crippen LogP contribution in [-0.2, 0) is 24.2 Å². The molecule has 9 nitrogen and oxygen atoms in total. The van der Waals surface area contributed by atoms with Crippen molar-refractivity contribution in [1.82, 2.24) is 25.2 Å². The van der Waals surface area contributed by atoms with Crippen molar-refractivity contribution in [3.8, 4) is 0 Å². The van der Waals surface area contributed by atoms with Crippen LogP contribution < -0.4 is 15.8 Å². The highest BCUT2D eigenvalue weighted by molar-refractivity contribution is 6.33. The number of piperazine rings is 1. The number of amides is 1. The monoisotopic (exact) mass is 448 g/mol. The van der Waals surface area contributed by atoms with Gasteiger partial charge in [0.1, 0.15) is 11.6 Å². The van der Waals surface area contributed by atoms with E-state index >= 15 is 0 Å². The van der Waals surface area contributed by atoms with Crippen LogP contribution in [0.5, 0.6) is 0 Å². The van der Waals surface area contributed by atoms with E-state index in [-0.39, 0.29) is 29.9 Å². The standard InChI is InChI=1S/C19H18Cl2N6O3/c20-13-4-1-12(2-5-13)3-6-15-24-17(30-25-15)11-27-19(29)18(21)14(9-23-27)26-8-7-22-16(28)10-26/h1-2,4-5,9H,3,6-8,10-11H2,(H,22,28). The molecule has 2 aromatic heterocycles. The van der Waals surface area contributed by atoms with E-state index < -0.39 is 5.56 Å². The maximum Gasteiger partial charge on any atom is 0.288 e. The van der Waals surface area contributed by atoms with Crippen LogP contribution in [0.2, 0.25) is 10.0 Å². The Morgan fingerprint density at radius 3 is 2.70 bits per heavy atom. The van der Waals surface area contributed by atoms with E-state index in [4.69, 9.17) is 27.7 Å². The number of halogens is 2. The van der Waals surface area contributed by atoms with Crippen molar-refractivity contribution in [3.05, 3.63) is 68.1 Å². The normalized spacial score (nSPS) is 14.1. The number of nitrogens with zero attached hydrogens (tertiary/aromatic N) is 5. The van der Waals surface area contributed by atoms with Crippen LogP contribution >= 0.6 is 23.2 Å². The lowest BCUT2D eigenvalue weighted by Crippen LogP contribution is -2.48. The van der Waals surface area contributed by atoms with Crippen molar-refractivity contribution in [3.63, 3.8) is 0 Å². The molecule has 0 aliphatic carbocycles. The molecule has 0 bridgehead atoms. The Morgan fingerprint density at radius 2 is 1.93 bits per heavy atom. The third-order valence-corrected chi connectivity index (χ3v) is 5.30. The zero-order chi connectivity index (χ0) is 21.1. The van der Waals surface area contributed by atoms with Crippen molar-refractivity contribution in [2.45, 2.75) is 19.4 Å². The average molecular weight is 449 g/mol. The molecule has 0 saturated carbocycles. The van der Waals surface area contributed by atoms with Gasteiger partial charge in [0, 0.05) is 24.5 Å². The predicted molar refractivity (Wildman–Crippen MR) is 111 cm³/mol. The van der Waals surface area contributed by atoms with E-state index in [0.29, 0.717) is 36.0 Å². The summed E-state index contributed by atoms with van der Waals surface area (Å²) >= 11 is 12.1. The summed E-state index contributed by atoms with van der Waals surface area (Å²) in [6.07, 6.45) is 2.79. The lowest BCUT2D eigenvalue weighted by atomic mass is 10.1. The average Bonchev–Trinajstić information content (AvgIpc) is 3.18. The number of hydrogen-bond acceptors (Lipinski definition) is 7. The van der Waals surface area contributed by atoms with Gasteiger partial charge in [-0.05, 0) is 24.1 Å². The molecule has 0 spiro atoms. The Morgan fingerprint density at radius 1 is 1.13 bits per heavy atom. The molecule has 3 aromatic rings. The summed E-state index contributed by atoms with van der Waals surface area (Å²) in [4.78, 5) is 30.2. The van der Waals surface area contributed by atoms with Gasteiger partial charge >= 0.3 is 0 Å². The molecule has 0 unspecified atom stereocenters. The summed E-state index contributed by atoms with van der Waals surface area (Å²) in [6, 6.07) is 7.56. The summed E-state index contributed by atoms with van der Waals surface area (Å²) in [5.74, 6) is 0.672. The Kier molecular flexibility index (Phi) is 6.01. The Hall–Kier alpha value is -2.91. The molecule has 1 aromatic carbocycles. The molecule has 11 heteroatoms. The van der Waals surface area contributed by atoms with Gasteiger partial charge in [0.15, 0.2) is 5.82 Å². The number of aromatic nitrogens is 4. The van der Waals surface area contributed by atoms with Crippen molar-refractivity contribution < 1.29 is 9.32 Å². The van der Waals surface area contributed by atoms with Crippen molar-refractivity contribution in [1.29, 1.82) is 0 Å². The molecule has 1 saturated heterocycles. The summed E-state index contributed by atoms with van der Waals surface area (Å²) in [5.41, 5.74) is 1.06. The molecule has 0 radical (unpaired) electrons. The second-order valence-electron chi connectivity index (χ2n) is 6.81. The lowest BCUT2D eigenvalue weighted by Gasteiger charge is -2.28. The second-order valence-corrected chi connectivity index (χ2v) is 7.62. The SMILES string of the molecule is O=C1CN(c2cnn(Cc3nc(CCc4ccc(Cl)cc4)no3)c(=O)c2Cl)CCN1. The predicted octanol–water partition coefficient (Wildman–Crippen LogP) is 1.70. The molecule has 1 aliphatic heterocycles. The zero-order valence-corrected chi connectivity index (χ0v) is 17.4. The Bertz CT molecular complexity index is 1110. The zero-order valence-electron chi connectivity index (χ0n) is 15.8. The van der Waals surface area contributed by atoms with E-state index in [1.807, 2.05) is 24.3 Å². The fourth-order valence-electron chi connectivity index (χ4n) is 3.12. The molecule has 1 N–H and O–H groups in total. The van der Waals surface area contributed by atoms with Gasteiger partial charge in [-0.15, -0.1) is 0 Å². The van der Waals surface area contributed by atoms with Crippen LogP contribution in [0, 0.1) is 0 Å². The lowest BCUT2D eigenvalue weighted by molar-refractivity contribution is -0.120. The fraction of sp³-hybridized carbons (Fsp3) is 0.316. The fourth-order valence-corrected chi connectivity index (χ4v) is 3.52. The molecule has 1 aliphatic rings. The topological polar surface area (TPSA) is 106 Å². The largest absolute Gasteiger partial charge is 0.358 e. The van der Waals surface area contributed by atoms with Gasteiger partial charge in [-0.1, -0.05) is 40.5 Å². The number of aryl methyl sites for hydroxylation is 2. The first kappa shape index (κ1) is 20.4. The van der Waals surface area contributed by atoms with E-state index in [9.17, 15) is 9.59 Å². The quantitative estimate of drug-likeness (QED) is 0.611. The first-order chi connectivity index (χ1) is 14.5. The van der Waals surface area contributed by atoms with Gasteiger partial charge in [0.25, 0.3) is 5.56 Å². The minimum Gasteiger partial charge on any atom is -0.358 e. The maximum absolute atomic E-state index is 12.6. The first-order valence-corrected chi connectivity index (χ1v) is 10.1. The van der Waals surface area contributed by atoms with Gasteiger partial charge in [0.05, 0.1) is 18.4 Å². The van der Waals surface area contributed by atoms with E-state index in [0.717, 1.165) is 16.7 Å². The van der Waals surface area contributed by atoms with Crippen LogP contribution in [0.4, 0.5) is 5.69 Å². The molecular weight excluding hydrogens is 431 g/mol. The highest BCUT2D eigenvalue weighted by atomic mass is 35.5. The van der Waals surface area contributed by atoms with Crippen molar-refractivity contribution in [2.75, 3.05) is 24.5 Å². The highest BCUT2D eigenvalue weighted by Gasteiger charge is 2.21. The van der Waals surface area contributed by atoms with Gasteiger partial charge < -0.3 is 14.7 Å². The number of hydrogen-bond donors (Lipinski definition) is 1. The highest BCUT2D eigenvalue weighted by Crippen LogP contribution is 2.21. The minimum absolute atomic E-state index is 0.00202. The van der Waals surface area contributed by atoms with Gasteiger partial charge in [-0.3, -0.25) is 9.59 Å². The van der Waals surface area contributed by atoms with Gasteiger partial charge in [-0.25, -0.2) is 4.68 Å². The van der Waals surface area contributed by atoms with E-state index in [1.54, 1.807) is 4.90 Å². The molecule has 156 valence electrons. The second kappa shape index (κ2) is 8.85. The van der Waals surface area contributed by atoms with Gasteiger partial charge in [-0.2, -0.15) is 10.1 Å². The van der Waals surface area contributed by atoms with Crippen molar-refractivity contribution >= 4 is 34.8 Å². The van der Waals surface area contributed by atoms with Crippen LogP contribution in [0.15, 0.2) is 39.8 Å². The Labute approximate surface area is 181 Å². The van der Waals surface area contributed by atoms with Gasteiger partial charge in [0.2, 0.25) is 11.8 Å². The molecule has 0 atom stereocenters. The van der Waals surface area contributed by atoms with Crippen LogP contribution in [0.1, 0.15) is 17.3 Å². The third-order valence-electron chi connectivity index (χ3n) is 4.69. The number of rotatable bonds is 6. The van der Waals surface area contributed by atoms with Crippen LogP contribution in [0.25, 0.3) is 0 Å². The number of carbonyl (C=O) groups is 1. The molecule has 3 heterocycles. The summed E-state index contributed by atoms with van der Waals surface area (Å²) in [6.45, 7) is 1.18. The van der Waals surface area contributed by atoms with Crippen LogP contribution in [0.3, 0.4) is 0 Å². The molecule has 1 fully saturated rings. The maximum atomic E-state index is 12.6. The number of benzene rings is 1. The number of nitrogens with one attached hydrogen (secondary N) is 1. The summed E-state index contributed by atoms with van der Waals surface area (Å²) in [7, 11) is 0. The molecule has 1 amide bonds. The Balaban J connectivity index is 1.43. The van der Waals surface area contributed by atoms with E-state index in [2.05, 4.69) is 20.6 Å². The van der Waals surface area contributed by atoms with E-state index in [1.165, 1.54) is 6.20 Å². The summed E-state index contributed by atoms with van der Waals surface area (Å²) < 4.78 is 6.40. The summed E-state index contributed by atoms with van der Waals surface area (Å²) in [5, 5.41) is 11.5. The molecule has 30 heavy (non-hydrogen) atoms. The number of carbonyl (C=O) groups excluding carboxylic acids is 1. The smallest absolute Gasteiger partial charge is 0.288 e. The molecular formula is C19H18Cl2N6O3. The van der Waals surface area contributed by atoms with Crippen LogP contribution in [-0.4, -0.2) is 45.5 Å². The minimum atomic E-state index is -0.485. The van der Waals surface area contributed by atoms with Crippen molar-refractivity contribution in [2.24, 2.45) is 0 Å². The molecule has 4 rings (SSSR count).